The van der Waals surface area contributed by atoms with Crippen LogP contribution in [0.15, 0.2) is 17.1 Å². The molecule has 1 aromatic heterocycles. The minimum Gasteiger partial charge on any atom is -0.488 e. The van der Waals surface area contributed by atoms with Crippen molar-refractivity contribution in [3.05, 3.63) is 28.2 Å². The molecular formula is C9H13NO2. The van der Waals surface area contributed by atoms with E-state index in [0.717, 1.165) is 5.56 Å². The highest BCUT2D eigenvalue weighted by atomic mass is 16.5. The topological polar surface area (TPSA) is 31.2 Å². The molecule has 0 aliphatic carbocycles. The molecule has 1 heterocycles. The average Bonchev–Trinajstić information content (AvgIpc) is 2.00. The fourth-order valence-corrected chi connectivity index (χ4v) is 1.10. The summed E-state index contributed by atoms with van der Waals surface area (Å²) < 4.78 is 6.69. The second-order valence-electron chi connectivity index (χ2n) is 2.73. The Labute approximate surface area is 71.6 Å². The molecule has 0 aliphatic heterocycles. The van der Waals surface area contributed by atoms with Crippen molar-refractivity contribution in [2.75, 3.05) is 6.61 Å². The van der Waals surface area contributed by atoms with Crippen LogP contribution in [-0.4, -0.2) is 11.2 Å². The van der Waals surface area contributed by atoms with Gasteiger partial charge in [0.05, 0.1) is 6.61 Å². The van der Waals surface area contributed by atoms with E-state index in [4.69, 9.17) is 4.74 Å². The first-order chi connectivity index (χ1) is 5.65. The molecule has 0 amide bonds. The number of aryl methyl sites for hydroxylation is 2. The zero-order valence-electron chi connectivity index (χ0n) is 7.63. The van der Waals surface area contributed by atoms with Crippen LogP contribution in [0.2, 0.25) is 0 Å². The molecule has 0 saturated heterocycles. The SMILES string of the molecule is CCOc1cc(C)cn(C)c1=O. The predicted octanol–water partition coefficient (Wildman–Crippen LogP) is 1.09. The van der Waals surface area contributed by atoms with E-state index in [1.807, 2.05) is 13.8 Å². The van der Waals surface area contributed by atoms with Crippen LogP contribution in [-0.2, 0) is 7.05 Å². The van der Waals surface area contributed by atoms with Crippen molar-refractivity contribution in [3.63, 3.8) is 0 Å². The molecule has 0 radical (unpaired) electrons. The summed E-state index contributed by atoms with van der Waals surface area (Å²) in [7, 11) is 1.72. The normalized spacial score (nSPS) is 9.92. The van der Waals surface area contributed by atoms with E-state index < -0.39 is 0 Å². The molecule has 66 valence electrons. The summed E-state index contributed by atoms with van der Waals surface area (Å²) >= 11 is 0. The lowest BCUT2D eigenvalue weighted by molar-refractivity contribution is 0.332. The zero-order chi connectivity index (χ0) is 9.14. The van der Waals surface area contributed by atoms with E-state index >= 15 is 0 Å². The lowest BCUT2D eigenvalue weighted by atomic mass is 10.3. The minimum atomic E-state index is -0.0811. The highest BCUT2D eigenvalue weighted by Gasteiger charge is 2.01. The molecule has 0 fully saturated rings. The van der Waals surface area contributed by atoms with E-state index in [1.165, 1.54) is 4.57 Å². The van der Waals surface area contributed by atoms with Gasteiger partial charge in [-0.15, -0.1) is 0 Å². The van der Waals surface area contributed by atoms with Gasteiger partial charge in [-0.05, 0) is 25.5 Å². The Hall–Kier alpha value is -1.25. The number of nitrogens with zero attached hydrogens (tertiary/aromatic N) is 1. The highest BCUT2D eigenvalue weighted by molar-refractivity contribution is 5.23. The minimum absolute atomic E-state index is 0.0811. The lowest BCUT2D eigenvalue weighted by Gasteiger charge is -2.05. The maximum Gasteiger partial charge on any atom is 0.292 e. The fraction of sp³-hybridized carbons (Fsp3) is 0.444. The van der Waals surface area contributed by atoms with Crippen LogP contribution in [0, 0.1) is 6.92 Å². The molecule has 12 heavy (non-hydrogen) atoms. The molecule has 0 N–H and O–H groups in total. The summed E-state index contributed by atoms with van der Waals surface area (Å²) in [6.07, 6.45) is 1.78. The van der Waals surface area contributed by atoms with Crippen molar-refractivity contribution in [3.8, 4) is 5.75 Å². The van der Waals surface area contributed by atoms with E-state index in [1.54, 1.807) is 19.3 Å². The summed E-state index contributed by atoms with van der Waals surface area (Å²) in [6.45, 7) is 4.32. The third kappa shape index (κ3) is 1.67. The molecule has 0 bridgehead atoms. The van der Waals surface area contributed by atoms with Gasteiger partial charge in [-0.25, -0.2) is 0 Å². The van der Waals surface area contributed by atoms with E-state index in [9.17, 15) is 4.79 Å². The summed E-state index contributed by atoms with van der Waals surface area (Å²) in [5, 5.41) is 0. The van der Waals surface area contributed by atoms with E-state index in [-0.39, 0.29) is 5.56 Å². The van der Waals surface area contributed by atoms with Gasteiger partial charge in [-0.1, -0.05) is 0 Å². The second-order valence-corrected chi connectivity index (χ2v) is 2.73. The van der Waals surface area contributed by atoms with Crippen LogP contribution in [0.1, 0.15) is 12.5 Å². The Morgan fingerprint density at radius 1 is 1.58 bits per heavy atom. The van der Waals surface area contributed by atoms with E-state index in [2.05, 4.69) is 0 Å². The van der Waals surface area contributed by atoms with Gasteiger partial charge in [0.25, 0.3) is 5.56 Å². The first-order valence-corrected chi connectivity index (χ1v) is 3.95. The second kappa shape index (κ2) is 3.43. The predicted molar refractivity (Wildman–Crippen MR) is 47.6 cm³/mol. The molecule has 0 atom stereocenters. The van der Waals surface area contributed by atoms with Crippen molar-refractivity contribution in [1.82, 2.24) is 4.57 Å². The Kier molecular flexibility index (Phi) is 2.53. The average molecular weight is 167 g/mol. The summed E-state index contributed by atoms with van der Waals surface area (Å²) in [5.41, 5.74) is 0.947. The first-order valence-electron chi connectivity index (χ1n) is 3.95. The van der Waals surface area contributed by atoms with Gasteiger partial charge < -0.3 is 9.30 Å². The summed E-state index contributed by atoms with van der Waals surface area (Å²) in [6, 6.07) is 1.76. The Bertz CT molecular complexity index is 328. The Morgan fingerprint density at radius 3 is 2.83 bits per heavy atom. The smallest absolute Gasteiger partial charge is 0.292 e. The first kappa shape index (κ1) is 8.84. The number of pyridine rings is 1. The third-order valence-electron chi connectivity index (χ3n) is 1.59. The molecule has 1 rings (SSSR count). The molecule has 0 aliphatic rings. The summed E-state index contributed by atoms with van der Waals surface area (Å²) in [5.74, 6) is 0.431. The van der Waals surface area contributed by atoms with Gasteiger partial charge in [0.2, 0.25) is 0 Å². The molecule has 3 heteroatoms. The fourth-order valence-electron chi connectivity index (χ4n) is 1.10. The molecule has 0 unspecified atom stereocenters. The van der Waals surface area contributed by atoms with Crippen molar-refractivity contribution < 1.29 is 4.74 Å². The van der Waals surface area contributed by atoms with Gasteiger partial charge >= 0.3 is 0 Å². The summed E-state index contributed by atoms with van der Waals surface area (Å²) in [4.78, 5) is 11.3. The highest BCUT2D eigenvalue weighted by Crippen LogP contribution is 2.05. The maximum atomic E-state index is 11.3. The third-order valence-corrected chi connectivity index (χ3v) is 1.59. The molecule has 0 spiro atoms. The van der Waals surface area contributed by atoms with Gasteiger partial charge in [-0.2, -0.15) is 0 Å². The van der Waals surface area contributed by atoms with Gasteiger partial charge in [0.1, 0.15) is 0 Å². The zero-order valence-corrected chi connectivity index (χ0v) is 7.63. The van der Waals surface area contributed by atoms with Crippen LogP contribution >= 0.6 is 0 Å². The molecular weight excluding hydrogens is 154 g/mol. The standard InChI is InChI=1S/C9H13NO2/c1-4-12-8-5-7(2)6-10(3)9(8)11/h5-6H,4H2,1-3H3. The Morgan fingerprint density at radius 2 is 2.25 bits per heavy atom. The largest absolute Gasteiger partial charge is 0.488 e. The molecule has 1 aromatic rings. The van der Waals surface area contributed by atoms with Crippen LogP contribution in [0.5, 0.6) is 5.75 Å². The molecule has 0 aromatic carbocycles. The van der Waals surface area contributed by atoms with Gasteiger partial charge in [0, 0.05) is 13.2 Å². The van der Waals surface area contributed by atoms with Gasteiger partial charge in [0.15, 0.2) is 5.75 Å². The number of hydrogen-bond acceptors (Lipinski definition) is 2. The van der Waals surface area contributed by atoms with E-state index in [0.29, 0.717) is 12.4 Å². The van der Waals surface area contributed by atoms with Crippen molar-refractivity contribution >= 4 is 0 Å². The molecule has 0 saturated carbocycles. The lowest BCUT2D eigenvalue weighted by Crippen LogP contribution is -2.18. The van der Waals surface area contributed by atoms with Crippen molar-refractivity contribution in [2.24, 2.45) is 7.05 Å². The number of ether oxygens (including phenoxy) is 1. The number of aromatic nitrogens is 1. The Balaban J connectivity index is 3.19. The van der Waals surface area contributed by atoms with Crippen LogP contribution in [0.3, 0.4) is 0 Å². The number of hydrogen-bond donors (Lipinski definition) is 0. The van der Waals surface area contributed by atoms with Crippen LogP contribution in [0.25, 0.3) is 0 Å². The van der Waals surface area contributed by atoms with Gasteiger partial charge in [-0.3, -0.25) is 4.79 Å². The van der Waals surface area contributed by atoms with Crippen molar-refractivity contribution in [1.29, 1.82) is 0 Å². The monoisotopic (exact) mass is 167 g/mol. The maximum absolute atomic E-state index is 11.3. The quantitative estimate of drug-likeness (QED) is 0.660. The van der Waals surface area contributed by atoms with Crippen LogP contribution < -0.4 is 10.3 Å². The number of rotatable bonds is 2. The van der Waals surface area contributed by atoms with Crippen LogP contribution in [0.4, 0.5) is 0 Å². The molecule has 3 nitrogen and oxygen atoms in total. The van der Waals surface area contributed by atoms with Crippen molar-refractivity contribution in [2.45, 2.75) is 13.8 Å².